The lowest BCUT2D eigenvalue weighted by Crippen LogP contribution is -2.12. The van der Waals surface area contributed by atoms with Gasteiger partial charge in [0.25, 0.3) is 0 Å². The van der Waals surface area contributed by atoms with Crippen LogP contribution in [0.15, 0.2) is 10.2 Å². The topological polar surface area (TPSA) is 51.0 Å². The van der Waals surface area contributed by atoms with E-state index in [9.17, 15) is 4.79 Å². The van der Waals surface area contributed by atoms with Gasteiger partial charge in [-0.15, -0.1) is 0 Å². The molecule has 0 amide bonds. The third kappa shape index (κ3) is 7.98. The highest BCUT2D eigenvalue weighted by Gasteiger charge is 2.13. The van der Waals surface area contributed by atoms with Crippen LogP contribution in [0.3, 0.4) is 0 Å². The average molecular weight is 221 g/mol. The highest BCUT2D eigenvalue weighted by Crippen LogP contribution is 2.15. The Labute approximate surface area is 89.7 Å². The molecule has 4 nitrogen and oxygen atoms in total. The molecule has 0 aliphatic rings. The molecule has 0 saturated heterocycles. The number of carbonyl (C=O) groups is 1. The van der Waals surface area contributed by atoms with Crippen molar-refractivity contribution in [2.75, 3.05) is 6.61 Å². The van der Waals surface area contributed by atoms with E-state index in [1.807, 2.05) is 0 Å². The van der Waals surface area contributed by atoms with Crippen LogP contribution in [0, 0.1) is 0 Å². The summed E-state index contributed by atoms with van der Waals surface area (Å²) in [6.07, 6.45) is 0.240. The highest BCUT2D eigenvalue weighted by atomic mass is 35.5. The van der Waals surface area contributed by atoms with Crippen LogP contribution in [-0.2, 0) is 9.53 Å². The first-order valence-corrected chi connectivity index (χ1v) is 4.99. The Morgan fingerprint density at radius 2 is 2.14 bits per heavy atom. The molecule has 82 valence electrons. The van der Waals surface area contributed by atoms with Crippen LogP contribution in [0.25, 0.3) is 0 Å². The quantitative estimate of drug-likeness (QED) is 0.310. The van der Waals surface area contributed by atoms with E-state index in [1.54, 1.807) is 27.7 Å². The zero-order valence-electron chi connectivity index (χ0n) is 9.08. The minimum Gasteiger partial charge on any atom is -0.466 e. The number of azo groups is 1. The molecule has 5 heteroatoms. The zero-order chi connectivity index (χ0) is 11.2. The Morgan fingerprint density at radius 1 is 1.57 bits per heavy atom. The second-order valence-corrected chi connectivity index (χ2v) is 4.41. The van der Waals surface area contributed by atoms with Gasteiger partial charge in [0.05, 0.1) is 19.1 Å². The average Bonchev–Trinajstić information content (AvgIpc) is 2.00. The Hall–Kier alpha value is -0.640. The summed E-state index contributed by atoms with van der Waals surface area (Å²) in [5.41, 5.74) is 0. The van der Waals surface area contributed by atoms with Crippen molar-refractivity contribution in [1.29, 1.82) is 0 Å². The monoisotopic (exact) mass is 220 g/mol. The lowest BCUT2D eigenvalue weighted by Gasteiger charge is -2.09. The van der Waals surface area contributed by atoms with Crippen LogP contribution in [0.1, 0.15) is 34.1 Å². The van der Waals surface area contributed by atoms with Gasteiger partial charge in [0.2, 0.25) is 0 Å². The van der Waals surface area contributed by atoms with Crippen LogP contribution < -0.4 is 0 Å². The fourth-order valence-corrected chi connectivity index (χ4v) is 0.781. The van der Waals surface area contributed by atoms with Gasteiger partial charge >= 0.3 is 5.97 Å². The molecule has 0 heterocycles. The van der Waals surface area contributed by atoms with Crippen molar-refractivity contribution in [2.24, 2.45) is 10.2 Å². The smallest absolute Gasteiger partial charge is 0.308 e. The van der Waals surface area contributed by atoms with E-state index in [0.29, 0.717) is 6.61 Å². The van der Waals surface area contributed by atoms with E-state index in [-0.39, 0.29) is 18.4 Å². The number of hydrogen-bond donors (Lipinski definition) is 0. The summed E-state index contributed by atoms with van der Waals surface area (Å²) in [5.74, 6) is -0.258. The molecule has 0 aromatic rings. The van der Waals surface area contributed by atoms with Gasteiger partial charge in [-0.1, -0.05) is 11.6 Å². The SMILES string of the molecule is CCOC(=O)CC(C)/N=N/C(C)(C)Cl. The molecule has 0 fully saturated rings. The van der Waals surface area contributed by atoms with E-state index in [2.05, 4.69) is 10.2 Å². The molecule has 0 spiro atoms. The van der Waals surface area contributed by atoms with E-state index in [4.69, 9.17) is 16.3 Å². The van der Waals surface area contributed by atoms with Gasteiger partial charge < -0.3 is 4.74 Å². The third-order valence-electron chi connectivity index (χ3n) is 1.26. The number of esters is 1. The number of ether oxygens (including phenoxy) is 1. The normalized spacial score (nSPS) is 14.4. The Kier molecular flexibility index (Phi) is 5.69. The van der Waals surface area contributed by atoms with Crippen molar-refractivity contribution in [1.82, 2.24) is 0 Å². The predicted octanol–water partition coefficient (Wildman–Crippen LogP) is 2.76. The van der Waals surface area contributed by atoms with Crippen LogP contribution in [0.5, 0.6) is 0 Å². The van der Waals surface area contributed by atoms with Crippen molar-refractivity contribution in [3.63, 3.8) is 0 Å². The number of hydrogen-bond acceptors (Lipinski definition) is 4. The van der Waals surface area contributed by atoms with Crippen molar-refractivity contribution >= 4 is 17.6 Å². The summed E-state index contributed by atoms with van der Waals surface area (Å²) in [6.45, 7) is 7.42. The van der Waals surface area contributed by atoms with Crippen LogP contribution in [0.4, 0.5) is 0 Å². The van der Waals surface area contributed by atoms with Crippen LogP contribution >= 0.6 is 11.6 Å². The maximum absolute atomic E-state index is 11.0. The first-order chi connectivity index (χ1) is 6.35. The summed E-state index contributed by atoms with van der Waals surface area (Å²) >= 11 is 5.80. The lowest BCUT2D eigenvalue weighted by molar-refractivity contribution is -0.143. The summed E-state index contributed by atoms with van der Waals surface area (Å²) in [6, 6.07) is -0.188. The summed E-state index contributed by atoms with van der Waals surface area (Å²) < 4.78 is 4.77. The molecule has 0 aromatic heterocycles. The number of alkyl halides is 1. The molecule has 1 atom stereocenters. The van der Waals surface area contributed by atoms with Gasteiger partial charge in [0.15, 0.2) is 0 Å². The number of halogens is 1. The zero-order valence-corrected chi connectivity index (χ0v) is 9.84. The van der Waals surface area contributed by atoms with Crippen LogP contribution in [0.2, 0.25) is 0 Å². The molecule has 0 rings (SSSR count). The molecule has 0 aliphatic heterocycles. The van der Waals surface area contributed by atoms with Gasteiger partial charge in [-0.3, -0.25) is 4.79 Å². The van der Waals surface area contributed by atoms with Crippen molar-refractivity contribution in [3.05, 3.63) is 0 Å². The fraction of sp³-hybridized carbons (Fsp3) is 0.889. The van der Waals surface area contributed by atoms with Gasteiger partial charge in [0, 0.05) is 0 Å². The molecule has 0 aromatic carbocycles. The second-order valence-electron chi connectivity index (χ2n) is 3.48. The third-order valence-corrected chi connectivity index (χ3v) is 1.34. The fourth-order valence-electron chi connectivity index (χ4n) is 0.738. The Bertz CT molecular complexity index is 211. The standard InChI is InChI=1S/C9H17ClN2O2/c1-5-14-8(13)6-7(2)11-12-9(3,4)10/h7H,5-6H2,1-4H3/b12-11+. The molecule has 0 bridgehead atoms. The summed E-state index contributed by atoms with van der Waals surface area (Å²) in [5, 5.41) is 7.76. The molecule has 1 unspecified atom stereocenters. The predicted molar refractivity (Wildman–Crippen MR) is 55.5 cm³/mol. The molecular formula is C9H17ClN2O2. The maximum Gasteiger partial charge on any atom is 0.308 e. The number of carbonyl (C=O) groups excluding carboxylic acids is 1. The van der Waals surface area contributed by atoms with Crippen molar-refractivity contribution in [2.45, 2.75) is 45.2 Å². The maximum atomic E-state index is 11.0. The minimum atomic E-state index is -0.705. The first kappa shape index (κ1) is 13.4. The number of rotatable bonds is 5. The molecule has 14 heavy (non-hydrogen) atoms. The number of nitrogens with zero attached hydrogens (tertiary/aromatic N) is 2. The largest absolute Gasteiger partial charge is 0.466 e. The van der Waals surface area contributed by atoms with Gasteiger partial charge in [-0.2, -0.15) is 10.2 Å². The van der Waals surface area contributed by atoms with Crippen molar-refractivity contribution in [3.8, 4) is 0 Å². The van der Waals surface area contributed by atoms with Crippen molar-refractivity contribution < 1.29 is 9.53 Å². The molecular weight excluding hydrogens is 204 g/mol. The second kappa shape index (κ2) is 5.96. The molecule has 0 saturated carbocycles. The van der Waals surface area contributed by atoms with E-state index < -0.39 is 5.00 Å². The van der Waals surface area contributed by atoms with E-state index in [1.165, 1.54) is 0 Å². The van der Waals surface area contributed by atoms with Gasteiger partial charge in [-0.25, -0.2) is 0 Å². The first-order valence-electron chi connectivity index (χ1n) is 4.61. The summed E-state index contributed by atoms with van der Waals surface area (Å²) in [7, 11) is 0. The Balaban J connectivity index is 3.92. The van der Waals surface area contributed by atoms with E-state index >= 15 is 0 Å². The van der Waals surface area contributed by atoms with Crippen LogP contribution in [-0.4, -0.2) is 23.6 Å². The Morgan fingerprint density at radius 3 is 2.57 bits per heavy atom. The van der Waals surface area contributed by atoms with Gasteiger partial charge in [0.1, 0.15) is 5.00 Å². The van der Waals surface area contributed by atoms with E-state index in [0.717, 1.165) is 0 Å². The highest BCUT2D eigenvalue weighted by molar-refractivity contribution is 6.23. The lowest BCUT2D eigenvalue weighted by atomic mass is 10.2. The summed E-state index contributed by atoms with van der Waals surface area (Å²) in [4.78, 5) is 10.3. The minimum absolute atomic E-state index is 0.188. The molecule has 0 N–H and O–H groups in total. The van der Waals surface area contributed by atoms with Gasteiger partial charge in [-0.05, 0) is 27.7 Å². The molecule has 0 aliphatic carbocycles. The molecule has 0 radical (unpaired) electrons.